The summed E-state index contributed by atoms with van der Waals surface area (Å²) in [6.45, 7) is 9.31. The third-order valence-corrected chi connectivity index (χ3v) is 5.87. The third-order valence-electron chi connectivity index (χ3n) is 5.87. The van der Waals surface area contributed by atoms with E-state index in [4.69, 9.17) is 0 Å². The lowest BCUT2D eigenvalue weighted by atomic mass is 10.0. The van der Waals surface area contributed by atoms with E-state index in [-0.39, 0.29) is 6.03 Å². The van der Waals surface area contributed by atoms with Crippen LogP contribution in [0, 0.1) is 13.8 Å². The summed E-state index contributed by atoms with van der Waals surface area (Å²) in [6, 6.07) is 15.2. The summed E-state index contributed by atoms with van der Waals surface area (Å²) in [4.78, 5) is 19.4. The number of hydrogen-bond donors (Lipinski definition) is 0. The number of nitrogens with zero attached hydrogens (tertiary/aromatic N) is 3. The fourth-order valence-corrected chi connectivity index (χ4v) is 4.08. The first-order valence-electron chi connectivity index (χ1n) is 9.55. The van der Waals surface area contributed by atoms with Crippen LogP contribution in [0.15, 0.2) is 42.5 Å². The van der Waals surface area contributed by atoms with Gasteiger partial charge in [-0.25, -0.2) is 4.79 Å². The minimum absolute atomic E-state index is 0.195. The van der Waals surface area contributed by atoms with Gasteiger partial charge in [0.15, 0.2) is 0 Å². The van der Waals surface area contributed by atoms with Gasteiger partial charge in [-0.05, 0) is 48.6 Å². The van der Waals surface area contributed by atoms with Crippen molar-refractivity contribution in [2.75, 3.05) is 37.6 Å². The molecule has 1 saturated heterocycles. The maximum Gasteiger partial charge on any atom is 0.320 e. The smallest absolute Gasteiger partial charge is 0.320 e. The number of aryl methyl sites for hydroxylation is 1. The molecule has 0 aromatic heterocycles. The van der Waals surface area contributed by atoms with Crippen molar-refractivity contribution in [1.82, 2.24) is 9.80 Å². The topological polar surface area (TPSA) is 26.8 Å². The Morgan fingerprint density at radius 3 is 2.31 bits per heavy atom. The summed E-state index contributed by atoms with van der Waals surface area (Å²) in [7, 11) is 0. The Bertz CT molecular complexity index is 809. The van der Waals surface area contributed by atoms with Gasteiger partial charge in [-0.15, -0.1) is 0 Å². The van der Waals surface area contributed by atoms with Crippen LogP contribution in [0.1, 0.15) is 22.3 Å². The second-order valence-corrected chi connectivity index (χ2v) is 7.42. The van der Waals surface area contributed by atoms with E-state index in [9.17, 15) is 4.79 Å². The SMILES string of the molecule is Cc1cccc(N2CCN(C(=O)N3CCc4ccccc4C3)CC2)c1C. The number of piperazine rings is 1. The molecule has 2 aliphatic heterocycles. The molecule has 4 rings (SSSR count). The molecule has 26 heavy (non-hydrogen) atoms. The van der Waals surface area contributed by atoms with Crippen LogP contribution in [0.3, 0.4) is 0 Å². The molecule has 2 amide bonds. The summed E-state index contributed by atoms with van der Waals surface area (Å²) < 4.78 is 0. The van der Waals surface area contributed by atoms with Crippen LogP contribution in [-0.2, 0) is 13.0 Å². The van der Waals surface area contributed by atoms with Crippen LogP contribution in [0.2, 0.25) is 0 Å². The van der Waals surface area contributed by atoms with Crippen molar-refractivity contribution >= 4 is 11.7 Å². The van der Waals surface area contributed by atoms with E-state index in [1.54, 1.807) is 0 Å². The average molecular weight is 349 g/mol. The largest absolute Gasteiger partial charge is 0.368 e. The quantitative estimate of drug-likeness (QED) is 0.786. The number of fused-ring (bicyclic) bond motifs is 1. The molecule has 0 atom stereocenters. The number of carbonyl (C=O) groups excluding carboxylic acids is 1. The zero-order valence-electron chi connectivity index (χ0n) is 15.7. The van der Waals surface area contributed by atoms with Crippen LogP contribution in [0.5, 0.6) is 0 Å². The van der Waals surface area contributed by atoms with Crippen molar-refractivity contribution in [2.24, 2.45) is 0 Å². The summed E-state index contributed by atoms with van der Waals surface area (Å²) in [5.74, 6) is 0. The van der Waals surface area contributed by atoms with E-state index >= 15 is 0 Å². The van der Waals surface area contributed by atoms with Crippen LogP contribution in [0.4, 0.5) is 10.5 Å². The molecule has 0 spiro atoms. The maximum absolute atomic E-state index is 13.0. The lowest BCUT2D eigenvalue weighted by Crippen LogP contribution is -2.53. The summed E-state index contributed by atoms with van der Waals surface area (Å²) in [6.07, 6.45) is 0.963. The number of hydrogen-bond acceptors (Lipinski definition) is 2. The van der Waals surface area contributed by atoms with Gasteiger partial charge < -0.3 is 14.7 Å². The number of rotatable bonds is 1. The van der Waals surface area contributed by atoms with E-state index in [2.05, 4.69) is 61.2 Å². The monoisotopic (exact) mass is 349 g/mol. The van der Waals surface area contributed by atoms with Gasteiger partial charge >= 0.3 is 6.03 Å². The molecular formula is C22H27N3O. The number of anilines is 1. The molecular weight excluding hydrogens is 322 g/mol. The van der Waals surface area contributed by atoms with Crippen LogP contribution < -0.4 is 4.90 Å². The highest BCUT2D eigenvalue weighted by Gasteiger charge is 2.28. The third kappa shape index (κ3) is 3.16. The van der Waals surface area contributed by atoms with E-state index in [1.807, 2.05) is 9.80 Å². The Morgan fingerprint density at radius 1 is 0.808 bits per heavy atom. The van der Waals surface area contributed by atoms with Crippen molar-refractivity contribution < 1.29 is 4.79 Å². The highest BCUT2D eigenvalue weighted by atomic mass is 16.2. The number of amides is 2. The summed E-state index contributed by atoms with van der Waals surface area (Å²) >= 11 is 0. The number of urea groups is 1. The molecule has 136 valence electrons. The molecule has 0 aliphatic carbocycles. The molecule has 1 fully saturated rings. The Hall–Kier alpha value is -2.49. The van der Waals surface area contributed by atoms with E-state index in [1.165, 1.54) is 27.9 Å². The average Bonchev–Trinajstić information content (AvgIpc) is 2.69. The summed E-state index contributed by atoms with van der Waals surface area (Å²) in [5, 5.41) is 0. The van der Waals surface area contributed by atoms with Gasteiger partial charge in [-0.1, -0.05) is 36.4 Å². The second-order valence-electron chi connectivity index (χ2n) is 7.42. The normalized spacial score (nSPS) is 17.2. The first kappa shape index (κ1) is 17.0. The van der Waals surface area contributed by atoms with Crippen LogP contribution in [-0.4, -0.2) is 48.6 Å². The maximum atomic E-state index is 13.0. The zero-order valence-corrected chi connectivity index (χ0v) is 15.7. The predicted octanol–water partition coefficient (Wildman–Crippen LogP) is 3.60. The van der Waals surface area contributed by atoms with Crippen molar-refractivity contribution in [3.63, 3.8) is 0 Å². The highest BCUT2D eigenvalue weighted by molar-refractivity contribution is 5.75. The highest BCUT2D eigenvalue weighted by Crippen LogP contribution is 2.25. The molecule has 4 heteroatoms. The van der Waals surface area contributed by atoms with Gasteiger partial charge in [0.2, 0.25) is 0 Å². The van der Waals surface area contributed by atoms with Gasteiger partial charge in [0, 0.05) is 45.0 Å². The fraction of sp³-hybridized carbons (Fsp3) is 0.409. The molecule has 2 aromatic carbocycles. The minimum Gasteiger partial charge on any atom is -0.368 e. The molecule has 0 N–H and O–H groups in total. The zero-order chi connectivity index (χ0) is 18.1. The fourth-order valence-electron chi connectivity index (χ4n) is 4.08. The molecule has 2 heterocycles. The number of carbonyl (C=O) groups is 1. The molecule has 0 bridgehead atoms. The Labute approximate surface area is 156 Å². The first-order chi connectivity index (χ1) is 12.6. The van der Waals surface area contributed by atoms with Crippen molar-refractivity contribution in [3.8, 4) is 0 Å². The molecule has 2 aliphatic rings. The van der Waals surface area contributed by atoms with Crippen LogP contribution >= 0.6 is 0 Å². The second kappa shape index (κ2) is 7.02. The molecule has 0 saturated carbocycles. The lowest BCUT2D eigenvalue weighted by molar-refractivity contribution is 0.145. The Morgan fingerprint density at radius 2 is 1.54 bits per heavy atom. The first-order valence-corrected chi connectivity index (χ1v) is 9.55. The van der Waals surface area contributed by atoms with Crippen molar-refractivity contribution in [2.45, 2.75) is 26.8 Å². The van der Waals surface area contributed by atoms with E-state index in [0.717, 1.165) is 45.7 Å². The molecule has 0 radical (unpaired) electrons. The van der Waals surface area contributed by atoms with Gasteiger partial charge in [-0.3, -0.25) is 0 Å². The summed E-state index contributed by atoms with van der Waals surface area (Å²) in [5.41, 5.74) is 6.66. The van der Waals surface area contributed by atoms with Crippen molar-refractivity contribution in [1.29, 1.82) is 0 Å². The Balaban J connectivity index is 1.39. The molecule has 2 aromatic rings. The molecule has 4 nitrogen and oxygen atoms in total. The van der Waals surface area contributed by atoms with E-state index < -0.39 is 0 Å². The standard InChI is InChI=1S/C22H27N3O/c1-17-6-5-9-21(18(17)2)23-12-14-24(15-13-23)22(26)25-11-10-19-7-3-4-8-20(19)16-25/h3-9H,10-16H2,1-2H3. The van der Waals surface area contributed by atoms with E-state index in [0.29, 0.717) is 0 Å². The van der Waals surface area contributed by atoms with Gasteiger partial charge in [0.25, 0.3) is 0 Å². The minimum atomic E-state index is 0.195. The van der Waals surface area contributed by atoms with Gasteiger partial charge in [0.05, 0.1) is 0 Å². The Kier molecular flexibility index (Phi) is 4.58. The lowest BCUT2D eigenvalue weighted by Gasteiger charge is -2.40. The predicted molar refractivity (Wildman–Crippen MR) is 106 cm³/mol. The number of benzene rings is 2. The molecule has 0 unspecified atom stereocenters. The van der Waals surface area contributed by atoms with Gasteiger partial charge in [-0.2, -0.15) is 0 Å². The van der Waals surface area contributed by atoms with Gasteiger partial charge in [0.1, 0.15) is 0 Å². The van der Waals surface area contributed by atoms with Crippen LogP contribution in [0.25, 0.3) is 0 Å². The van der Waals surface area contributed by atoms with Crippen molar-refractivity contribution in [3.05, 3.63) is 64.7 Å².